The van der Waals surface area contributed by atoms with E-state index in [2.05, 4.69) is 10.6 Å². The van der Waals surface area contributed by atoms with Gasteiger partial charge in [0.05, 0.1) is 19.3 Å². The minimum absolute atomic E-state index is 0.00270. The molecule has 0 saturated carbocycles. The number of carbonyl (C=O) groups is 3. The number of cyclic esters (lactones) is 1. The minimum atomic E-state index is -0.782. The number of esters is 1. The average molecular weight is 653 g/mol. The topological polar surface area (TPSA) is 103 Å². The predicted molar refractivity (Wildman–Crippen MR) is 184 cm³/mol. The lowest BCUT2D eigenvalue weighted by molar-refractivity contribution is -0.149. The molecule has 1 aliphatic heterocycles. The summed E-state index contributed by atoms with van der Waals surface area (Å²) >= 11 is 5.99. The Hall–Kier alpha value is -3.88. The molecule has 0 fully saturated rings. The molecular weight excluding hydrogens is 604 g/mol. The molecule has 2 N–H and O–H groups in total. The zero-order valence-electron chi connectivity index (χ0n) is 27.8. The van der Waals surface area contributed by atoms with Crippen LogP contribution in [-0.2, 0) is 35.0 Å². The molecule has 8 nitrogen and oxygen atoms in total. The van der Waals surface area contributed by atoms with Gasteiger partial charge in [0.15, 0.2) is 5.76 Å². The molecule has 0 aliphatic carbocycles. The van der Waals surface area contributed by atoms with Crippen molar-refractivity contribution in [3.8, 4) is 0 Å². The number of amides is 2. The fraction of sp³-hybridized carbons (Fsp3) is 0.432. The van der Waals surface area contributed by atoms with Crippen molar-refractivity contribution < 1.29 is 28.6 Å². The van der Waals surface area contributed by atoms with Crippen LogP contribution in [0.3, 0.4) is 0 Å². The van der Waals surface area contributed by atoms with Gasteiger partial charge in [0.1, 0.15) is 12.1 Å². The van der Waals surface area contributed by atoms with Crippen LogP contribution in [0.4, 0.5) is 0 Å². The van der Waals surface area contributed by atoms with Gasteiger partial charge in [0, 0.05) is 23.4 Å². The van der Waals surface area contributed by atoms with Gasteiger partial charge < -0.3 is 24.8 Å². The third-order valence-corrected chi connectivity index (χ3v) is 7.23. The highest BCUT2D eigenvalue weighted by Gasteiger charge is 2.25. The zero-order chi connectivity index (χ0) is 33.9. The molecule has 1 aromatic rings. The monoisotopic (exact) mass is 652 g/mol. The summed E-state index contributed by atoms with van der Waals surface area (Å²) in [6, 6.07) is 8.75. The Morgan fingerprint density at radius 2 is 1.80 bits per heavy atom. The van der Waals surface area contributed by atoms with E-state index in [0.717, 1.165) is 11.1 Å². The number of hydrogen-bond donors (Lipinski definition) is 2. The first kappa shape index (κ1) is 38.3. The van der Waals surface area contributed by atoms with Crippen molar-refractivity contribution in [1.29, 1.82) is 0 Å². The van der Waals surface area contributed by atoms with E-state index in [0.29, 0.717) is 37.1 Å². The first-order valence-corrected chi connectivity index (χ1v) is 16.1. The molecule has 4 atom stereocenters. The van der Waals surface area contributed by atoms with E-state index >= 15 is 0 Å². The molecule has 0 radical (unpaired) electrons. The average Bonchev–Trinajstić information content (AvgIpc) is 3.20. The molecule has 0 bridgehead atoms. The highest BCUT2D eigenvalue weighted by atomic mass is 35.5. The van der Waals surface area contributed by atoms with Crippen LogP contribution in [0, 0.1) is 5.92 Å². The van der Waals surface area contributed by atoms with Crippen molar-refractivity contribution in [3.63, 3.8) is 0 Å². The van der Waals surface area contributed by atoms with Crippen LogP contribution >= 0.6 is 11.6 Å². The van der Waals surface area contributed by atoms with E-state index < -0.39 is 12.0 Å². The van der Waals surface area contributed by atoms with Crippen LogP contribution in [0.15, 0.2) is 102 Å². The summed E-state index contributed by atoms with van der Waals surface area (Å²) in [5.41, 5.74) is 1.88. The lowest BCUT2D eigenvalue weighted by Crippen LogP contribution is -2.46. The maximum Gasteiger partial charge on any atom is 0.373 e. The third kappa shape index (κ3) is 15.4. The largest absolute Gasteiger partial charge is 0.490 e. The number of ether oxygens (including phenoxy) is 3. The first-order chi connectivity index (χ1) is 22.0. The maximum atomic E-state index is 13.1. The van der Waals surface area contributed by atoms with Crippen molar-refractivity contribution in [2.24, 2.45) is 5.92 Å². The normalized spacial score (nSPS) is 18.3. The van der Waals surface area contributed by atoms with E-state index in [9.17, 15) is 14.4 Å². The van der Waals surface area contributed by atoms with Gasteiger partial charge >= 0.3 is 5.97 Å². The molecule has 2 rings (SSSR count). The third-order valence-electron chi connectivity index (χ3n) is 7.08. The summed E-state index contributed by atoms with van der Waals surface area (Å²) in [4.78, 5) is 38.1. The summed E-state index contributed by atoms with van der Waals surface area (Å²) in [5, 5.41) is 6.33. The van der Waals surface area contributed by atoms with Gasteiger partial charge in [-0.15, -0.1) is 0 Å². The second kappa shape index (κ2) is 21.0. The van der Waals surface area contributed by atoms with Crippen LogP contribution in [0.25, 0.3) is 0 Å². The van der Waals surface area contributed by atoms with E-state index in [1.165, 1.54) is 13.2 Å². The zero-order valence-corrected chi connectivity index (χ0v) is 28.6. The van der Waals surface area contributed by atoms with Crippen LogP contribution < -0.4 is 10.6 Å². The Balaban J connectivity index is 1.98. The molecule has 0 aromatic heterocycles. The highest BCUT2D eigenvalue weighted by molar-refractivity contribution is 6.29. The van der Waals surface area contributed by atoms with Gasteiger partial charge in [0.25, 0.3) is 0 Å². The molecule has 2 amide bonds. The van der Waals surface area contributed by atoms with Gasteiger partial charge in [-0.3, -0.25) is 9.59 Å². The Morgan fingerprint density at radius 3 is 2.48 bits per heavy atom. The maximum absolute atomic E-state index is 13.1. The van der Waals surface area contributed by atoms with Gasteiger partial charge in [-0.1, -0.05) is 90.9 Å². The van der Waals surface area contributed by atoms with E-state index in [4.69, 9.17) is 25.8 Å². The van der Waals surface area contributed by atoms with Crippen molar-refractivity contribution in [3.05, 3.63) is 107 Å². The number of halogens is 1. The second-order valence-electron chi connectivity index (χ2n) is 11.5. The predicted octanol–water partition coefficient (Wildman–Crippen LogP) is 6.99. The van der Waals surface area contributed by atoms with Crippen LogP contribution in [-0.4, -0.2) is 49.2 Å². The Morgan fingerprint density at radius 1 is 1.09 bits per heavy atom. The minimum Gasteiger partial charge on any atom is -0.490 e. The second-order valence-corrected chi connectivity index (χ2v) is 12.1. The Labute approximate surface area is 279 Å². The molecule has 1 heterocycles. The van der Waals surface area contributed by atoms with Gasteiger partial charge in [-0.25, -0.2) is 4.79 Å². The lowest BCUT2D eigenvalue weighted by Gasteiger charge is -2.20. The van der Waals surface area contributed by atoms with Gasteiger partial charge in [0.2, 0.25) is 11.8 Å². The Kier molecular flexibility index (Phi) is 17.5. The Bertz CT molecular complexity index is 1310. The molecule has 0 saturated heterocycles. The quantitative estimate of drug-likeness (QED) is 0.107. The SMILES string of the molecule is COC1=CCC[C@@H]([C@@H](C)/C=C(C)/C=C\C=C/C(=O)N[C@@H](Cc2ccccc2)C(=O)N/C=C\C[C@H](C/C=C(\C)Cl)OC(C)C)OC1=O. The smallest absolute Gasteiger partial charge is 0.373 e. The molecule has 0 spiro atoms. The standard InChI is InChI=1S/C37H49ClN2O6/c1-26(2)45-31(22-21-29(5)38)17-13-23-39-36(42)32(25-30-15-8-7-9-16-30)40-35(41)20-11-10-14-27(3)24-28(4)33-18-12-19-34(44-6)37(43)46-33/h7-11,13-16,19-21,23-24,26,28,31-33H,12,17-18,22,25H2,1-6H3,(H,39,42)(H,40,41)/b14-10-,20-11-,23-13-,27-24+,29-21+/t28-,31+,32-,33-/m0/s1. The summed E-state index contributed by atoms with van der Waals surface area (Å²) < 4.78 is 16.6. The van der Waals surface area contributed by atoms with Gasteiger partial charge in [-0.2, -0.15) is 0 Å². The summed E-state index contributed by atoms with van der Waals surface area (Å²) in [6.07, 6.45) is 18.5. The van der Waals surface area contributed by atoms with Crippen molar-refractivity contribution in [2.45, 2.75) is 91.1 Å². The lowest BCUT2D eigenvalue weighted by atomic mass is 9.98. The molecule has 9 heteroatoms. The number of hydrogen-bond acceptors (Lipinski definition) is 6. The number of nitrogens with one attached hydrogen (secondary N) is 2. The molecular formula is C37H49ClN2O6. The molecule has 0 unspecified atom stereocenters. The van der Waals surface area contributed by atoms with Crippen LogP contribution in [0.2, 0.25) is 0 Å². The fourth-order valence-corrected chi connectivity index (χ4v) is 4.90. The van der Waals surface area contributed by atoms with E-state index in [-0.39, 0.29) is 41.8 Å². The molecule has 250 valence electrons. The van der Waals surface area contributed by atoms with Crippen molar-refractivity contribution in [1.82, 2.24) is 10.6 Å². The van der Waals surface area contributed by atoms with Crippen LogP contribution in [0.1, 0.15) is 65.9 Å². The fourth-order valence-electron chi connectivity index (χ4n) is 4.81. The van der Waals surface area contributed by atoms with E-state index in [1.54, 1.807) is 24.4 Å². The molecule has 1 aromatic carbocycles. The van der Waals surface area contributed by atoms with E-state index in [1.807, 2.05) is 89.3 Å². The summed E-state index contributed by atoms with van der Waals surface area (Å²) in [6.45, 7) is 9.72. The van der Waals surface area contributed by atoms with Gasteiger partial charge in [-0.05, 0) is 71.2 Å². The number of carbonyl (C=O) groups excluding carboxylic acids is 3. The number of benzene rings is 1. The van der Waals surface area contributed by atoms with Crippen LogP contribution in [0.5, 0.6) is 0 Å². The first-order valence-electron chi connectivity index (χ1n) is 15.7. The summed E-state index contributed by atoms with van der Waals surface area (Å²) in [5.74, 6) is -0.920. The number of allylic oxidation sites excluding steroid dienone is 6. The summed E-state index contributed by atoms with van der Waals surface area (Å²) in [7, 11) is 1.46. The number of rotatable bonds is 17. The van der Waals surface area contributed by atoms with Crippen molar-refractivity contribution in [2.75, 3.05) is 7.11 Å². The molecule has 1 aliphatic rings. The highest BCUT2D eigenvalue weighted by Crippen LogP contribution is 2.22. The number of methoxy groups -OCH3 is 1. The van der Waals surface area contributed by atoms with Crippen molar-refractivity contribution >= 4 is 29.4 Å². The molecule has 46 heavy (non-hydrogen) atoms.